The van der Waals surface area contributed by atoms with E-state index in [2.05, 4.69) is 51.0 Å². The van der Waals surface area contributed by atoms with E-state index in [0.717, 1.165) is 58.9 Å². The van der Waals surface area contributed by atoms with Crippen molar-refractivity contribution in [2.75, 3.05) is 11.4 Å². The molecule has 142 valence electrons. The normalized spacial score (nSPS) is 13.3. The highest BCUT2D eigenvalue weighted by molar-refractivity contribution is 5.65. The molecule has 4 aromatic rings. The average molecular weight is 382 g/mol. The Labute approximate surface area is 167 Å². The SMILES string of the molecule is Cc1c(N2CCc3ncc(-c4cncc(C#N)c4)cc3C2)nn2cnnc2c1C. The summed E-state index contributed by atoms with van der Waals surface area (Å²) in [5.41, 5.74) is 7.66. The number of pyridine rings is 2. The van der Waals surface area contributed by atoms with E-state index < -0.39 is 0 Å². The summed E-state index contributed by atoms with van der Waals surface area (Å²) < 4.78 is 1.74. The van der Waals surface area contributed by atoms with Gasteiger partial charge >= 0.3 is 0 Å². The predicted molar refractivity (Wildman–Crippen MR) is 107 cm³/mol. The number of aromatic nitrogens is 6. The van der Waals surface area contributed by atoms with Gasteiger partial charge in [-0.05, 0) is 31.5 Å². The zero-order valence-corrected chi connectivity index (χ0v) is 16.2. The van der Waals surface area contributed by atoms with Crippen LogP contribution in [0.5, 0.6) is 0 Å². The molecular weight excluding hydrogens is 364 g/mol. The van der Waals surface area contributed by atoms with Crippen molar-refractivity contribution in [3.05, 3.63) is 65.0 Å². The van der Waals surface area contributed by atoms with Crippen LogP contribution in [0, 0.1) is 25.2 Å². The van der Waals surface area contributed by atoms with Crippen molar-refractivity contribution in [2.24, 2.45) is 0 Å². The molecule has 5 rings (SSSR count). The van der Waals surface area contributed by atoms with Crippen LogP contribution < -0.4 is 4.90 Å². The molecule has 0 radical (unpaired) electrons. The number of hydrogen-bond donors (Lipinski definition) is 0. The summed E-state index contributed by atoms with van der Waals surface area (Å²) in [5.74, 6) is 0.944. The molecule has 0 saturated carbocycles. The molecule has 4 aromatic heterocycles. The number of anilines is 1. The minimum Gasteiger partial charge on any atom is -0.350 e. The van der Waals surface area contributed by atoms with E-state index in [1.165, 1.54) is 5.56 Å². The van der Waals surface area contributed by atoms with Gasteiger partial charge in [-0.3, -0.25) is 9.97 Å². The molecule has 0 spiro atoms. The van der Waals surface area contributed by atoms with Crippen molar-refractivity contribution in [3.8, 4) is 17.2 Å². The quantitative estimate of drug-likeness (QED) is 0.526. The Morgan fingerprint density at radius 1 is 1.07 bits per heavy atom. The second kappa shape index (κ2) is 6.63. The topological polar surface area (TPSA) is 95.9 Å². The lowest BCUT2D eigenvalue weighted by Gasteiger charge is -2.30. The van der Waals surface area contributed by atoms with Gasteiger partial charge in [0, 0.05) is 66.0 Å². The number of aryl methyl sites for hydroxylation is 1. The van der Waals surface area contributed by atoms with Crippen LogP contribution in [0.4, 0.5) is 5.82 Å². The summed E-state index contributed by atoms with van der Waals surface area (Å²) in [5, 5.41) is 22.0. The van der Waals surface area contributed by atoms with Crippen molar-refractivity contribution in [2.45, 2.75) is 26.8 Å². The summed E-state index contributed by atoms with van der Waals surface area (Å²) in [6, 6.07) is 6.12. The molecule has 0 aromatic carbocycles. The van der Waals surface area contributed by atoms with Crippen molar-refractivity contribution in [1.82, 2.24) is 29.8 Å². The number of nitrogens with zero attached hydrogens (tertiary/aromatic N) is 8. The van der Waals surface area contributed by atoms with E-state index in [9.17, 15) is 0 Å². The number of nitriles is 1. The fraction of sp³-hybridized carbons (Fsp3) is 0.238. The molecule has 1 aliphatic heterocycles. The lowest BCUT2D eigenvalue weighted by atomic mass is 10.00. The highest BCUT2D eigenvalue weighted by Crippen LogP contribution is 2.29. The largest absolute Gasteiger partial charge is 0.350 e. The van der Waals surface area contributed by atoms with E-state index in [1.54, 1.807) is 23.2 Å². The van der Waals surface area contributed by atoms with Crippen LogP contribution >= 0.6 is 0 Å². The van der Waals surface area contributed by atoms with Crippen LogP contribution in [0.25, 0.3) is 16.8 Å². The lowest BCUT2D eigenvalue weighted by Crippen LogP contribution is -2.32. The van der Waals surface area contributed by atoms with Crippen molar-refractivity contribution < 1.29 is 0 Å². The van der Waals surface area contributed by atoms with E-state index in [1.807, 2.05) is 12.3 Å². The molecule has 0 saturated heterocycles. The third kappa shape index (κ3) is 2.88. The van der Waals surface area contributed by atoms with E-state index in [0.29, 0.717) is 5.56 Å². The third-order valence-electron chi connectivity index (χ3n) is 5.51. The van der Waals surface area contributed by atoms with Gasteiger partial charge in [0.2, 0.25) is 0 Å². The van der Waals surface area contributed by atoms with E-state index in [-0.39, 0.29) is 0 Å². The second-order valence-electron chi connectivity index (χ2n) is 7.25. The maximum Gasteiger partial charge on any atom is 0.180 e. The van der Waals surface area contributed by atoms with Gasteiger partial charge < -0.3 is 4.90 Å². The van der Waals surface area contributed by atoms with Gasteiger partial charge in [-0.25, -0.2) is 0 Å². The summed E-state index contributed by atoms with van der Waals surface area (Å²) in [6.07, 6.45) is 7.68. The zero-order chi connectivity index (χ0) is 20.0. The Morgan fingerprint density at radius 3 is 2.79 bits per heavy atom. The second-order valence-corrected chi connectivity index (χ2v) is 7.25. The van der Waals surface area contributed by atoms with Crippen LogP contribution in [0.1, 0.15) is 27.9 Å². The maximum absolute atomic E-state index is 9.14. The Morgan fingerprint density at radius 2 is 1.93 bits per heavy atom. The van der Waals surface area contributed by atoms with Gasteiger partial charge in [-0.2, -0.15) is 9.78 Å². The van der Waals surface area contributed by atoms with Gasteiger partial charge in [0.1, 0.15) is 12.4 Å². The summed E-state index contributed by atoms with van der Waals surface area (Å²) in [4.78, 5) is 11.1. The fourth-order valence-electron chi connectivity index (χ4n) is 3.79. The summed E-state index contributed by atoms with van der Waals surface area (Å²) in [6.45, 7) is 5.71. The van der Waals surface area contributed by atoms with Crippen LogP contribution in [-0.4, -0.2) is 36.3 Å². The number of rotatable bonds is 2. The maximum atomic E-state index is 9.14. The highest BCUT2D eigenvalue weighted by Gasteiger charge is 2.22. The van der Waals surface area contributed by atoms with Crippen molar-refractivity contribution in [1.29, 1.82) is 5.26 Å². The highest BCUT2D eigenvalue weighted by atomic mass is 15.4. The molecule has 1 aliphatic rings. The lowest BCUT2D eigenvalue weighted by molar-refractivity contribution is 0.688. The molecule has 0 N–H and O–H groups in total. The van der Waals surface area contributed by atoms with Gasteiger partial charge in [-0.15, -0.1) is 15.3 Å². The molecule has 8 nitrogen and oxygen atoms in total. The molecule has 8 heteroatoms. The molecular formula is C21H18N8. The summed E-state index contributed by atoms with van der Waals surface area (Å²) in [7, 11) is 0. The molecule has 0 amide bonds. The molecule has 0 unspecified atom stereocenters. The van der Waals surface area contributed by atoms with E-state index >= 15 is 0 Å². The molecule has 0 fully saturated rings. The summed E-state index contributed by atoms with van der Waals surface area (Å²) >= 11 is 0. The smallest absolute Gasteiger partial charge is 0.180 e. The van der Waals surface area contributed by atoms with Crippen LogP contribution in [0.2, 0.25) is 0 Å². The molecule has 5 heterocycles. The van der Waals surface area contributed by atoms with Gasteiger partial charge in [0.05, 0.1) is 5.56 Å². The molecule has 29 heavy (non-hydrogen) atoms. The first-order valence-corrected chi connectivity index (χ1v) is 9.39. The Hall–Kier alpha value is -3.86. The molecule has 0 aliphatic carbocycles. The fourth-order valence-corrected chi connectivity index (χ4v) is 3.79. The van der Waals surface area contributed by atoms with Crippen LogP contribution in [0.15, 0.2) is 37.1 Å². The van der Waals surface area contributed by atoms with Crippen LogP contribution in [0.3, 0.4) is 0 Å². The Balaban J connectivity index is 1.52. The standard InChI is InChI=1S/C21H18N8/c1-13-14(2)21(27-29-12-25-26-20(13)29)28-4-3-19-18(11-28)6-17(10-24-19)16-5-15(7-22)8-23-9-16/h5-6,8-10,12H,3-4,11H2,1-2H3. The zero-order valence-electron chi connectivity index (χ0n) is 16.2. The Kier molecular flexibility index (Phi) is 3.95. The average Bonchev–Trinajstić information content (AvgIpc) is 3.24. The van der Waals surface area contributed by atoms with Crippen molar-refractivity contribution >= 4 is 11.5 Å². The first-order valence-electron chi connectivity index (χ1n) is 9.39. The van der Waals surface area contributed by atoms with E-state index in [4.69, 9.17) is 10.4 Å². The van der Waals surface area contributed by atoms with Gasteiger partial charge in [0.25, 0.3) is 0 Å². The van der Waals surface area contributed by atoms with Gasteiger partial charge in [-0.1, -0.05) is 0 Å². The first-order chi connectivity index (χ1) is 14.1. The minimum absolute atomic E-state index is 0.541. The molecule has 0 atom stereocenters. The predicted octanol–water partition coefficient (Wildman–Crippen LogP) is 2.63. The van der Waals surface area contributed by atoms with Crippen molar-refractivity contribution in [3.63, 3.8) is 0 Å². The number of fused-ring (bicyclic) bond motifs is 2. The Bertz CT molecular complexity index is 1280. The molecule has 0 bridgehead atoms. The van der Waals surface area contributed by atoms with Crippen LogP contribution in [-0.2, 0) is 13.0 Å². The third-order valence-corrected chi connectivity index (χ3v) is 5.51. The minimum atomic E-state index is 0.541. The first kappa shape index (κ1) is 17.3. The van der Waals surface area contributed by atoms with Gasteiger partial charge in [0.15, 0.2) is 11.5 Å². The number of hydrogen-bond acceptors (Lipinski definition) is 7. The monoisotopic (exact) mass is 382 g/mol.